The molecule has 1 aromatic heterocycles. The number of hydrogen-bond acceptors (Lipinski definition) is 1. The molecule has 1 aromatic rings. The SMILES string of the molecule is Cc1ncc(C2CC2)cc1F. The molecule has 0 spiro atoms. The Morgan fingerprint density at radius 3 is 2.82 bits per heavy atom. The van der Waals surface area contributed by atoms with Crippen LogP contribution in [-0.2, 0) is 0 Å². The molecule has 1 heterocycles. The van der Waals surface area contributed by atoms with E-state index in [1.165, 1.54) is 12.8 Å². The van der Waals surface area contributed by atoms with E-state index in [2.05, 4.69) is 4.98 Å². The molecular formula is C9H10FN. The van der Waals surface area contributed by atoms with Gasteiger partial charge in [0.25, 0.3) is 0 Å². The summed E-state index contributed by atoms with van der Waals surface area (Å²) in [5, 5.41) is 0. The van der Waals surface area contributed by atoms with Crippen molar-refractivity contribution in [2.24, 2.45) is 0 Å². The van der Waals surface area contributed by atoms with Crippen molar-refractivity contribution in [2.45, 2.75) is 25.7 Å². The van der Waals surface area contributed by atoms with E-state index < -0.39 is 0 Å². The van der Waals surface area contributed by atoms with Crippen LogP contribution in [0.25, 0.3) is 0 Å². The van der Waals surface area contributed by atoms with Crippen molar-refractivity contribution >= 4 is 0 Å². The summed E-state index contributed by atoms with van der Waals surface area (Å²) in [6, 6.07) is 1.61. The lowest BCUT2D eigenvalue weighted by atomic mass is 10.2. The van der Waals surface area contributed by atoms with E-state index in [9.17, 15) is 4.39 Å². The topological polar surface area (TPSA) is 12.9 Å². The van der Waals surface area contributed by atoms with Gasteiger partial charge in [-0.05, 0) is 37.3 Å². The molecular weight excluding hydrogens is 141 g/mol. The second-order valence-electron chi connectivity index (χ2n) is 3.11. The Balaban J connectivity index is 2.36. The minimum absolute atomic E-state index is 0.172. The summed E-state index contributed by atoms with van der Waals surface area (Å²) in [5.74, 6) is 0.423. The number of aromatic nitrogens is 1. The molecule has 0 bridgehead atoms. The van der Waals surface area contributed by atoms with Crippen LogP contribution < -0.4 is 0 Å². The molecule has 0 aliphatic heterocycles. The van der Waals surface area contributed by atoms with E-state index in [1.54, 1.807) is 19.2 Å². The Labute approximate surface area is 65.3 Å². The summed E-state index contributed by atoms with van der Waals surface area (Å²) in [6.07, 6.45) is 4.18. The zero-order chi connectivity index (χ0) is 7.84. The summed E-state index contributed by atoms with van der Waals surface area (Å²) >= 11 is 0. The predicted molar refractivity (Wildman–Crippen MR) is 40.9 cm³/mol. The predicted octanol–water partition coefficient (Wildman–Crippen LogP) is 2.41. The molecule has 1 nitrogen and oxygen atoms in total. The molecule has 11 heavy (non-hydrogen) atoms. The Morgan fingerprint density at radius 1 is 1.55 bits per heavy atom. The standard InChI is InChI=1S/C9H10FN/c1-6-9(10)4-8(5-11-6)7-2-3-7/h4-5,7H,2-3H2,1H3. The molecule has 0 radical (unpaired) electrons. The van der Waals surface area contributed by atoms with Gasteiger partial charge < -0.3 is 0 Å². The molecule has 2 heteroatoms. The van der Waals surface area contributed by atoms with E-state index in [4.69, 9.17) is 0 Å². The van der Waals surface area contributed by atoms with Gasteiger partial charge in [-0.25, -0.2) is 4.39 Å². The summed E-state index contributed by atoms with van der Waals surface area (Å²) < 4.78 is 12.9. The number of hydrogen-bond donors (Lipinski definition) is 0. The van der Waals surface area contributed by atoms with Crippen LogP contribution >= 0.6 is 0 Å². The lowest BCUT2D eigenvalue weighted by molar-refractivity contribution is 0.607. The van der Waals surface area contributed by atoms with Gasteiger partial charge in [-0.3, -0.25) is 4.98 Å². The fourth-order valence-corrected chi connectivity index (χ4v) is 1.16. The van der Waals surface area contributed by atoms with Gasteiger partial charge in [0.15, 0.2) is 0 Å². The molecule has 2 rings (SSSR count). The van der Waals surface area contributed by atoms with Crippen molar-refractivity contribution in [3.63, 3.8) is 0 Å². The fourth-order valence-electron chi connectivity index (χ4n) is 1.16. The van der Waals surface area contributed by atoms with E-state index in [0.29, 0.717) is 11.6 Å². The van der Waals surface area contributed by atoms with Crippen LogP contribution in [-0.4, -0.2) is 4.98 Å². The van der Waals surface area contributed by atoms with E-state index in [0.717, 1.165) is 5.56 Å². The number of rotatable bonds is 1. The van der Waals surface area contributed by atoms with Gasteiger partial charge in [0.1, 0.15) is 5.82 Å². The Bertz CT molecular complexity index is 279. The largest absolute Gasteiger partial charge is 0.258 e. The van der Waals surface area contributed by atoms with Crippen molar-refractivity contribution in [3.8, 4) is 0 Å². The molecule has 0 unspecified atom stereocenters. The highest BCUT2D eigenvalue weighted by molar-refractivity contribution is 5.22. The number of pyridine rings is 1. The first-order valence-corrected chi connectivity index (χ1v) is 3.89. The third kappa shape index (κ3) is 1.25. The highest BCUT2D eigenvalue weighted by Crippen LogP contribution is 2.39. The monoisotopic (exact) mass is 151 g/mol. The second-order valence-corrected chi connectivity index (χ2v) is 3.11. The van der Waals surface area contributed by atoms with E-state index in [1.807, 2.05) is 0 Å². The van der Waals surface area contributed by atoms with Crippen LogP contribution in [0.3, 0.4) is 0 Å². The third-order valence-electron chi connectivity index (χ3n) is 2.10. The Hall–Kier alpha value is -0.920. The van der Waals surface area contributed by atoms with Gasteiger partial charge in [0, 0.05) is 6.20 Å². The highest BCUT2D eigenvalue weighted by atomic mass is 19.1. The Kier molecular flexibility index (Phi) is 1.41. The zero-order valence-electron chi connectivity index (χ0n) is 6.47. The normalized spacial score (nSPS) is 16.9. The van der Waals surface area contributed by atoms with Crippen LogP contribution in [0.15, 0.2) is 12.3 Å². The second kappa shape index (κ2) is 2.29. The smallest absolute Gasteiger partial charge is 0.144 e. The van der Waals surface area contributed by atoms with E-state index >= 15 is 0 Å². The quantitative estimate of drug-likeness (QED) is 0.600. The maximum absolute atomic E-state index is 12.9. The summed E-state index contributed by atoms with van der Waals surface area (Å²) in [4.78, 5) is 3.96. The van der Waals surface area contributed by atoms with E-state index in [-0.39, 0.29) is 5.82 Å². The molecule has 1 aliphatic carbocycles. The first kappa shape index (κ1) is 6.77. The minimum Gasteiger partial charge on any atom is -0.258 e. The van der Waals surface area contributed by atoms with Crippen molar-refractivity contribution < 1.29 is 4.39 Å². The van der Waals surface area contributed by atoms with Gasteiger partial charge in [-0.2, -0.15) is 0 Å². The summed E-state index contributed by atoms with van der Waals surface area (Å²) in [6.45, 7) is 1.69. The third-order valence-corrected chi connectivity index (χ3v) is 2.10. The summed E-state index contributed by atoms with van der Waals surface area (Å²) in [5.41, 5.74) is 1.56. The van der Waals surface area contributed by atoms with Crippen molar-refractivity contribution in [3.05, 3.63) is 29.3 Å². The van der Waals surface area contributed by atoms with Crippen molar-refractivity contribution in [1.29, 1.82) is 0 Å². The molecule has 1 saturated carbocycles. The molecule has 58 valence electrons. The minimum atomic E-state index is -0.172. The number of nitrogens with zero attached hydrogens (tertiary/aromatic N) is 1. The molecule has 0 saturated heterocycles. The first-order chi connectivity index (χ1) is 5.27. The average Bonchev–Trinajstić information content (AvgIpc) is 2.77. The molecule has 0 N–H and O–H groups in total. The van der Waals surface area contributed by atoms with Crippen molar-refractivity contribution in [2.75, 3.05) is 0 Å². The summed E-state index contributed by atoms with van der Waals surface area (Å²) in [7, 11) is 0. The lowest BCUT2D eigenvalue weighted by Crippen LogP contribution is -1.90. The first-order valence-electron chi connectivity index (χ1n) is 3.89. The highest BCUT2D eigenvalue weighted by Gasteiger charge is 2.24. The van der Waals surface area contributed by atoms with Crippen LogP contribution in [0.1, 0.15) is 30.0 Å². The van der Waals surface area contributed by atoms with Gasteiger partial charge in [0.05, 0.1) is 5.69 Å². The maximum atomic E-state index is 12.9. The molecule has 1 fully saturated rings. The van der Waals surface area contributed by atoms with Crippen LogP contribution in [0.2, 0.25) is 0 Å². The van der Waals surface area contributed by atoms with Gasteiger partial charge >= 0.3 is 0 Å². The van der Waals surface area contributed by atoms with Gasteiger partial charge in [0.2, 0.25) is 0 Å². The van der Waals surface area contributed by atoms with Crippen LogP contribution in [0.4, 0.5) is 4.39 Å². The average molecular weight is 151 g/mol. The van der Waals surface area contributed by atoms with Crippen molar-refractivity contribution in [1.82, 2.24) is 4.98 Å². The van der Waals surface area contributed by atoms with Gasteiger partial charge in [-0.15, -0.1) is 0 Å². The molecule has 0 amide bonds. The number of aryl methyl sites for hydroxylation is 1. The number of halogens is 1. The van der Waals surface area contributed by atoms with Crippen LogP contribution in [0, 0.1) is 12.7 Å². The molecule has 0 aromatic carbocycles. The zero-order valence-corrected chi connectivity index (χ0v) is 6.47. The lowest BCUT2D eigenvalue weighted by Gasteiger charge is -1.98. The van der Waals surface area contributed by atoms with Crippen LogP contribution in [0.5, 0.6) is 0 Å². The maximum Gasteiger partial charge on any atom is 0.144 e. The molecule has 1 aliphatic rings. The fraction of sp³-hybridized carbons (Fsp3) is 0.444. The molecule has 0 atom stereocenters. The van der Waals surface area contributed by atoms with Gasteiger partial charge in [-0.1, -0.05) is 0 Å². The Morgan fingerprint density at radius 2 is 2.27 bits per heavy atom.